The molecule has 2 rings (SSSR count). The Morgan fingerprint density at radius 2 is 1.95 bits per heavy atom. The van der Waals surface area contributed by atoms with Crippen molar-refractivity contribution in [3.8, 4) is 5.75 Å². The Morgan fingerprint density at radius 1 is 1.27 bits per heavy atom. The number of carbonyl (C=O) groups excluding carboxylic acids is 2. The van der Waals surface area contributed by atoms with Gasteiger partial charge in [-0.05, 0) is 25.3 Å². The van der Waals surface area contributed by atoms with E-state index in [2.05, 4.69) is 5.32 Å². The Labute approximate surface area is 127 Å². The average molecular weight is 307 g/mol. The van der Waals surface area contributed by atoms with Gasteiger partial charge < -0.3 is 15.0 Å². The molecule has 0 unspecified atom stereocenters. The molecule has 1 aromatic rings. The van der Waals surface area contributed by atoms with Gasteiger partial charge in [0.15, 0.2) is 0 Å². The molecule has 22 heavy (non-hydrogen) atoms. The lowest BCUT2D eigenvalue weighted by atomic mass is 10.1. The van der Waals surface area contributed by atoms with Crippen LogP contribution in [0.25, 0.3) is 0 Å². The van der Waals surface area contributed by atoms with Crippen molar-refractivity contribution in [1.29, 1.82) is 0 Å². The maximum atomic E-state index is 12.1. The van der Waals surface area contributed by atoms with E-state index in [4.69, 9.17) is 4.74 Å². The number of piperidine rings is 1. The number of amides is 2. The minimum atomic E-state index is -0.819. The van der Waals surface area contributed by atoms with E-state index >= 15 is 0 Å². The van der Waals surface area contributed by atoms with Gasteiger partial charge in [0.05, 0.1) is 17.7 Å². The van der Waals surface area contributed by atoms with Gasteiger partial charge >= 0.3 is 11.8 Å². The molecule has 0 spiro atoms. The standard InChI is InChI=1S/C14H17N3O5/c1-22-12-6-5-10(17(20)21)9-11(12)15-13(18)14(19)16-7-3-2-4-8-16/h5-6,9H,2-4,7-8H2,1H3,(H,15,18). The molecular formula is C14H17N3O5. The molecule has 8 heteroatoms. The van der Waals surface area contributed by atoms with Crippen molar-refractivity contribution in [2.24, 2.45) is 0 Å². The fraction of sp³-hybridized carbons (Fsp3) is 0.429. The Morgan fingerprint density at radius 3 is 2.55 bits per heavy atom. The van der Waals surface area contributed by atoms with Gasteiger partial charge in [-0.2, -0.15) is 0 Å². The second kappa shape index (κ2) is 6.88. The number of hydrogen-bond acceptors (Lipinski definition) is 5. The number of rotatable bonds is 3. The number of nitro groups is 1. The van der Waals surface area contributed by atoms with Crippen LogP contribution in [-0.4, -0.2) is 41.8 Å². The van der Waals surface area contributed by atoms with Crippen LogP contribution in [0.15, 0.2) is 18.2 Å². The predicted octanol–water partition coefficient (Wildman–Crippen LogP) is 1.55. The van der Waals surface area contributed by atoms with Crippen LogP contribution in [0.5, 0.6) is 5.75 Å². The highest BCUT2D eigenvalue weighted by Gasteiger charge is 2.24. The molecule has 1 saturated heterocycles. The zero-order valence-electron chi connectivity index (χ0n) is 12.2. The highest BCUT2D eigenvalue weighted by atomic mass is 16.6. The smallest absolute Gasteiger partial charge is 0.314 e. The van der Waals surface area contributed by atoms with Gasteiger partial charge in [0, 0.05) is 25.2 Å². The topological polar surface area (TPSA) is 102 Å². The maximum absolute atomic E-state index is 12.1. The third-order valence-corrected chi connectivity index (χ3v) is 3.48. The zero-order chi connectivity index (χ0) is 16.1. The van der Waals surface area contributed by atoms with Gasteiger partial charge in [-0.3, -0.25) is 19.7 Å². The number of benzene rings is 1. The molecule has 1 heterocycles. The van der Waals surface area contributed by atoms with Crippen LogP contribution in [0, 0.1) is 10.1 Å². The Kier molecular flexibility index (Phi) is 4.92. The third kappa shape index (κ3) is 3.51. The van der Waals surface area contributed by atoms with Crippen LogP contribution in [0.4, 0.5) is 11.4 Å². The molecule has 0 bridgehead atoms. The number of nitrogens with one attached hydrogen (secondary N) is 1. The van der Waals surface area contributed by atoms with Gasteiger partial charge in [0.1, 0.15) is 5.75 Å². The first kappa shape index (κ1) is 15.7. The first-order chi connectivity index (χ1) is 10.5. The summed E-state index contributed by atoms with van der Waals surface area (Å²) in [6.07, 6.45) is 2.79. The predicted molar refractivity (Wildman–Crippen MR) is 78.7 cm³/mol. The van der Waals surface area contributed by atoms with Crippen molar-refractivity contribution < 1.29 is 19.2 Å². The highest BCUT2D eigenvalue weighted by Crippen LogP contribution is 2.28. The number of likely N-dealkylation sites (tertiary alicyclic amines) is 1. The fourth-order valence-electron chi connectivity index (χ4n) is 2.32. The minimum absolute atomic E-state index is 0.104. The Hall–Kier alpha value is -2.64. The average Bonchev–Trinajstić information content (AvgIpc) is 2.54. The monoisotopic (exact) mass is 307 g/mol. The summed E-state index contributed by atoms with van der Waals surface area (Å²) in [7, 11) is 1.38. The second-order valence-electron chi connectivity index (χ2n) is 4.95. The largest absolute Gasteiger partial charge is 0.495 e. The first-order valence-electron chi connectivity index (χ1n) is 6.95. The van der Waals surface area contributed by atoms with Crippen molar-refractivity contribution in [2.45, 2.75) is 19.3 Å². The van der Waals surface area contributed by atoms with E-state index in [0.29, 0.717) is 13.1 Å². The molecular weight excluding hydrogens is 290 g/mol. The number of non-ortho nitro benzene ring substituents is 1. The van der Waals surface area contributed by atoms with E-state index in [0.717, 1.165) is 19.3 Å². The van der Waals surface area contributed by atoms with Gasteiger partial charge in [-0.25, -0.2) is 0 Å². The summed E-state index contributed by atoms with van der Waals surface area (Å²) in [5, 5.41) is 13.2. The molecule has 0 atom stereocenters. The number of ether oxygens (including phenoxy) is 1. The van der Waals surface area contributed by atoms with Crippen LogP contribution < -0.4 is 10.1 Å². The molecule has 1 aromatic carbocycles. The van der Waals surface area contributed by atoms with Crippen molar-refractivity contribution in [3.05, 3.63) is 28.3 Å². The normalized spacial score (nSPS) is 14.3. The van der Waals surface area contributed by atoms with Crippen LogP contribution in [0.3, 0.4) is 0 Å². The van der Waals surface area contributed by atoms with Crippen molar-refractivity contribution in [1.82, 2.24) is 4.90 Å². The van der Waals surface area contributed by atoms with Crippen LogP contribution in [0.2, 0.25) is 0 Å². The number of nitro benzene ring substituents is 1. The number of hydrogen-bond donors (Lipinski definition) is 1. The van der Waals surface area contributed by atoms with Crippen molar-refractivity contribution in [2.75, 3.05) is 25.5 Å². The third-order valence-electron chi connectivity index (χ3n) is 3.48. The second-order valence-corrected chi connectivity index (χ2v) is 4.95. The van der Waals surface area contributed by atoms with Gasteiger partial charge in [0.25, 0.3) is 5.69 Å². The van der Waals surface area contributed by atoms with E-state index in [1.54, 1.807) is 0 Å². The van der Waals surface area contributed by atoms with E-state index in [9.17, 15) is 19.7 Å². The summed E-state index contributed by atoms with van der Waals surface area (Å²) in [5.41, 5.74) is -0.0893. The molecule has 118 valence electrons. The maximum Gasteiger partial charge on any atom is 0.314 e. The van der Waals surface area contributed by atoms with Crippen LogP contribution in [-0.2, 0) is 9.59 Å². The molecule has 0 aliphatic carbocycles. The minimum Gasteiger partial charge on any atom is -0.495 e. The molecule has 1 aliphatic heterocycles. The lowest BCUT2D eigenvalue weighted by Crippen LogP contribution is -2.42. The summed E-state index contributed by atoms with van der Waals surface area (Å²) in [6, 6.07) is 3.81. The molecule has 2 amide bonds. The van der Waals surface area contributed by atoms with Gasteiger partial charge in [0.2, 0.25) is 0 Å². The fourth-order valence-corrected chi connectivity index (χ4v) is 2.32. The lowest BCUT2D eigenvalue weighted by Gasteiger charge is -2.26. The first-order valence-corrected chi connectivity index (χ1v) is 6.95. The number of methoxy groups -OCH3 is 1. The van der Waals surface area contributed by atoms with E-state index in [-0.39, 0.29) is 17.1 Å². The van der Waals surface area contributed by atoms with Crippen molar-refractivity contribution in [3.63, 3.8) is 0 Å². The van der Waals surface area contributed by atoms with E-state index < -0.39 is 16.7 Å². The van der Waals surface area contributed by atoms with Crippen molar-refractivity contribution >= 4 is 23.2 Å². The van der Waals surface area contributed by atoms with Crippen LogP contribution >= 0.6 is 0 Å². The SMILES string of the molecule is COc1ccc([N+](=O)[O-])cc1NC(=O)C(=O)N1CCCCC1. The quantitative estimate of drug-likeness (QED) is 0.518. The van der Waals surface area contributed by atoms with E-state index in [1.807, 2.05) is 0 Å². The lowest BCUT2D eigenvalue weighted by molar-refractivity contribution is -0.384. The summed E-state index contributed by atoms with van der Waals surface area (Å²) in [5.74, 6) is -1.20. The Bertz CT molecular complexity index is 596. The van der Waals surface area contributed by atoms with Gasteiger partial charge in [-0.15, -0.1) is 0 Å². The summed E-state index contributed by atoms with van der Waals surface area (Å²) >= 11 is 0. The number of anilines is 1. The number of nitrogens with zero attached hydrogens (tertiary/aromatic N) is 2. The molecule has 1 N–H and O–H groups in total. The molecule has 1 fully saturated rings. The molecule has 8 nitrogen and oxygen atoms in total. The highest BCUT2D eigenvalue weighted by molar-refractivity contribution is 6.39. The number of carbonyl (C=O) groups is 2. The van der Waals surface area contributed by atoms with E-state index in [1.165, 1.54) is 30.2 Å². The summed E-state index contributed by atoms with van der Waals surface area (Å²) in [4.78, 5) is 35.8. The zero-order valence-corrected chi connectivity index (χ0v) is 12.2. The Balaban J connectivity index is 2.14. The molecule has 0 radical (unpaired) electrons. The summed E-state index contributed by atoms with van der Waals surface area (Å²) < 4.78 is 5.04. The van der Waals surface area contributed by atoms with Gasteiger partial charge in [-0.1, -0.05) is 0 Å². The van der Waals surface area contributed by atoms with Crippen LogP contribution in [0.1, 0.15) is 19.3 Å². The molecule has 0 aromatic heterocycles. The molecule has 1 aliphatic rings. The summed E-state index contributed by atoms with van der Waals surface area (Å²) in [6.45, 7) is 1.11. The molecule has 0 saturated carbocycles.